The third-order valence-electron chi connectivity index (χ3n) is 4.09. The first kappa shape index (κ1) is 15.8. The molecule has 128 valence electrons. The van der Waals surface area contributed by atoms with Gasteiger partial charge in [-0.15, -0.1) is 0 Å². The first-order chi connectivity index (χ1) is 12.8. The number of pyridine rings is 1. The Kier molecular flexibility index (Phi) is 4.30. The second-order valence-electron chi connectivity index (χ2n) is 5.86. The van der Waals surface area contributed by atoms with E-state index < -0.39 is 0 Å². The van der Waals surface area contributed by atoms with E-state index in [4.69, 9.17) is 0 Å². The van der Waals surface area contributed by atoms with E-state index in [-0.39, 0.29) is 6.03 Å². The molecule has 0 aliphatic heterocycles. The predicted molar refractivity (Wildman–Crippen MR) is 102 cm³/mol. The highest BCUT2D eigenvalue weighted by atomic mass is 16.2. The molecular weight excluding hydrogens is 326 g/mol. The largest absolute Gasteiger partial charge is 0.334 e. The number of nitrogens with one attached hydrogen (secondary N) is 3. The lowest BCUT2D eigenvalue weighted by Crippen LogP contribution is -2.28. The molecule has 0 radical (unpaired) electrons. The summed E-state index contributed by atoms with van der Waals surface area (Å²) in [6, 6.07) is 19.1. The molecule has 26 heavy (non-hydrogen) atoms. The molecular formula is C20H17N5O. The van der Waals surface area contributed by atoms with Crippen molar-refractivity contribution >= 4 is 22.6 Å². The summed E-state index contributed by atoms with van der Waals surface area (Å²) >= 11 is 0. The Labute approximate surface area is 150 Å². The number of fused-ring (bicyclic) bond motifs is 1. The number of aromatic amines is 1. The summed E-state index contributed by atoms with van der Waals surface area (Å²) in [6.45, 7) is 0.450. The van der Waals surface area contributed by atoms with Crippen molar-refractivity contribution in [2.45, 2.75) is 6.54 Å². The van der Waals surface area contributed by atoms with E-state index in [0.29, 0.717) is 6.54 Å². The van der Waals surface area contributed by atoms with E-state index >= 15 is 0 Å². The van der Waals surface area contributed by atoms with Crippen LogP contribution in [0, 0.1) is 0 Å². The molecule has 2 heterocycles. The van der Waals surface area contributed by atoms with Gasteiger partial charge in [0, 0.05) is 35.6 Å². The minimum atomic E-state index is -0.250. The van der Waals surface area contributed by atoms with Crippen LogP contribution in [0.15, 0.2) is 73.1 Å². The zero-order valence-corrected chi connectivity index (χ0v) is 13.9. The normalized spacial score (nSPS) is 10.6. The van der Waals surface area contributed by atoms with Crippen LogP contribution in [0.25, 0.3) is 22.2 Å². The lowest BCUT2D eigenvalue weighted by Gasteiger charge is -2.08. The van der Waals surface area contributed by atoms with Crippen LogP contribution in [0.3, 0.4) is 0 Å². The van der Waals surface area contributed by atoms with Gasteiger partial charge in [0.1, 0.15) is 0 Å². The number of hydrogen-bond acceptors (Lipinski definition) is 3. The number of carbonyl (C=O) groups is 1. The van der Waals surface area contributed by atoms with Crippen molar-refractivity contribution in [3.05, 3.63) is 78.6 Å². The second-order valence-corrected chi connectivity index (χ2v) is 5.86. The zero-order valence-electron chi connectivity index (χ0n) is 13.9. The van der Waals surface area contributed by atoms with E-state index in [1.807, 2.05) is 60.7 Å². The molecule has 0 bridgehead atoms. The molecule has 0 saturated heterocycles. The molecule has 0 aliphatic carbocycles. The van der Waals surface area contributed by atoms with Gasteiger partial charge in [-0.25, -0.2) is 4.79 Å². The number of aromatic nitrogens is 3. The van der Waals surface area contributed by atoms with Gasteiger partial charge in [-0.3, -0.25) is 10.1 Å². The molecule has 0 atom stereocenters. The standard InChI is InChI=1S/C20H17N5O/c26-20(22-13-14-9-11-21-12-10-14)23-16-7-5-15(6-8-16)19-17-3-1-2-4-18(17)24-25-19/h1-12H,13H2,(H,24,25)(H2,22,23,26). The fourth-order valence-electron chi connectivity index (χ4n) is 2.75. The van der Waals surface area contributed by atoms with Crippen molar-refractivity contribution in [1.29, 1.82) is 0 Å². The summed E-state index contributed by atoms with van der Waals surface area (Å²) in [6.07, 6.45) is 3.40. The van der Waals surface area contributed by atoms with Crippen LogP contribution in [-0.2, 0) is 6.54 Å². The van der Waals surface area contributed by atoms with Crippen LogP contribution in [-0.4, -0.2) is 21.2 Å². The van der Waals surface area contributed by atoms with Crippen molar-refractivity contribution in [2.24, 2.45) is 0 Å². The van der Waals surface area contributed by atoms with Crippen molar-refractivity contribution in [3.8, 4) is 11.3 Å². The topological polar surface area (TPSA) is 82.7 Å². The lowest BCUT2D eigenvalue weighted by molar-refractivity contribution is 0.251. The number of nitrogens with zero attached hydrogens (tertiary/aromatic N) is 2. The fraction of sp³-hybridized carbons (Fsp3) is 0.0500. The SMILES string of the molecule is O=C(NCc1ccncc1)Nc1ccc(-c2n[nH]c3ccccc23)cc1. The molecule has 2 amide bonds. The van der Waals surface area contributed by atoms with Crippen molar-refractivity contribution in [3.63, 3.8) is 0 Å². The minimum Gasteiger partial charge on any atom is -0.334 e. The Balaban J connectivity index is 1.42. The monoisotopic (exact) mass is 343 g/mol. The molecule has 4 aromatic rings. The summed E-state index contributed by atoms with van der Waals surface area (Å²) in [5, 5.41) is 14.1. The Morgan fingerprint density at radius 3 is 2.54 bits per heavy atom. The van der Waals surface area contributed by atoms with Crippen LogP contribution in [0.5, 0.6) is 0 Å². The number of rotatable bonds is 4. The molecule has 4 rings (SSSR count). The van der Waals surface area contributed by atoms with E-state index in [9.17, 15) is 4.79 Å². The minimum absolute atomic E-state index is 0.250. The lowest BCUT2D eigenvalue weighted by atomic mass is 10.1. The molecule has 6 heteroatoms. The summed E-state index contributed by atoms with van der Waals surface area (Å²) in [5.74, 6) is 0. The first-order valence-corrected chi connectivity index (χ1v) is 8.27. The van der Waals surface area contributed by atoms with Gasteiger partial charge >= 0.3 is 6.03 Å². The highest BCUT2D eigenvalue weighted by molar-refractivity contribution is 5.93. The van der Waals surface area contributed by atoms with E-state index in [2.05, 4.69) is 25.8 Å². The average Bonchev–Trinajstić information content (AvgIpc) is 3.12. The fourth-order valence-corrected chi connectivity index (χ4v) is 2.75. The number of H-pyrrole nitrogens is 1. The van der Waals surface area contributed by atoms with Gasteiger partial charge in [0.15, 0.2) is 0 Å². The van der Waals surface area contributed by atoms with Gasteiger partial charge in [-0.1, -0.05) is 30.3 Å². The predicted octanol–water partition coefficient (Wildman–Crippen LogP) is 3.95. The van der Waals surface area contributed by atoms with Crippen LogP contribution < -0.4 is 10.6 Å². The number of hydrogen-bond donors (Lipinski definition) is 3. The molecule has 2 aromatic carbocycles. The summed E-state index contributed by atoms with van der Waals surface area (Å²) in [5.41, 5.74) is 4.61. The summed E-state index contributed by atoms with van der Waals surface area (Å²) < 4.78 is 0. The Bertz CT molecular complexity index is 1020. The molecule has 6 nitrogen and oxygen atoms in total. The van der Waals surface area contributed by atoms with Gasteiger partial charge in [-0.05, 0) is 35.9 Å². The molecule has 2 aromatic heterocycles. The van der Waals surface area contributed by atoms with E-state index in [1.165, 1.54) is 0 Å². The number of urea groups is 1. The molecule has 0 unspecified atom stereocenters. The maximum absolute atomic E-state index is 12.0. The van der Waals surface area contributed by atoms with Crippen LogP contribution in [0.1, 0.15) is 5.56 Å². The van der Waals surface area contributed by atoms with Gasteiger partial charge in [0.25, 0.3) is 0 Å². The Hall–Kier alpha value is -3.67. The highest BCUT2D eigenvalue weighted by Crippen LogP contribution is 2.26. The van der Waals surface area contributed by atoms with Crippen molar-refractivity contribution in [2.75, 3.05) is 5.32 Å². The van der Waals surface area contributed by atoms with Gasteiger partial charge < -0.3 is 10.6 Å². The van der Waals surface area contributed by atoms with Crippen molar-refractivity contribution in [1.82, 2.24) is 20.5 Å². The van der Waals surface area contributed by atoms with E-state index in [1.54, 1.807) is 12.4 Å². The van der Waals surface area contributed by atoms with Gasteiger partial charge in [-0.2, -0.15) is 5.10 Å². The number of anilines is 1. The summed E-state index contributed by atoms with van der Waals surface area (Å²) in [7, 11) is 0. The zero-order chi connectivity index (χ0) is 17.8. The number of benzene rings is 2. The number of amides is 2. The first-order valence-electron chi connectivity index (χ1n) is 8.27. The third-order valence-corrected chi connectivity index (χ3v) is 4.09. The second kappa shape index (κ2) is 7.06. The van der Waals surface area contributed by atoms with Crippen LogP contribution in [0.4, 0.5) is 10.5 Å². The quantitative estimate of drug-likeness (QED) is 0.525. The van der Waals surface area contributed by atoms with Crippen molar-refractivity contribution < 1.29 is 4.79 Å². The third kappa shape index (κ3) is 3.39. The van der Waals surface area contributed by atoms with Gasteiger partial charge in [0.05, 0.1) is 11.2 Å². The number of para-hydroxylation sites is 1. The average molecular weight is 343 g/mol. The Morgan fingerprint density at radius 2 is 1.73 bits per heavy atom. The maximum atomic E-state index is 12.0. The maximum Gasteiger partial charge on any atom is 0.319 e. The molecule has 0 aliphatic rings. The molecule has 0 fully saturated rings. The van der Waals surface area contributed by atoms with Crippen LogP contribution in [0.2, 0.25) is 0 Å². The number of carbonyl (C=O) groups excluding carboxylic acids is 1. The highest BCUT2D eigenvalue weighted by Gasteiger charge is 2.08. The molecule has 0 saturated carbocycles. The van der Waals surface area contributed by atoms with Crippen LogP contribution >= 0.6 is 0 Å². The molecule has 0 spiro atoms. The summed E-state index contributed by atoms with van der Waals surface area (Å²) in [4.78, 5) is 16.0. The van der Waals surface area contributed by atoms with E-state index in [0.717, 1.165) is 33.4 Å². The smallest absolute Gasteiger partial charge is 0.319 e. The Morgan fingerprint density at radius 1 is 0.962 bits per heavy atom. The molecule has 3 N–H and O–H groups in total. The van der Waals surface area contributed by atoms with Gasteiger partial charge in [0.2, 0.25) is 0 Å².